The molecule has 0 aromatic carbocycles. The zero-order valence-electron chi connectivity index (χ0n) is 7.51. The van der Waals surface area contributed by atoms with E-state index < -0.39 is 0 Å². The molecular weight excluding hydrogens is 140 g/mol. The lowest BCUT2D eigenvalue weighted by molar-refractivity contribution is 0.403. The summed E-state index contributed by atoms with van der Waals surface area (Å²) in [6.45, 7) is 11.2. The van der Waals surface area contributed by atoms with Crippen LogP contribution < -0.4 is 0 Å². The van der Waals surface area contributed by atoms with E-state index in [2.05, 4.69) is 16.7 Å². The molecule has 11 heavy (non-hydrogen) atoms. The summed E-state index contributed by atoms with van der Waals surface area (Å²) in [4.78, 5) is 3.93. The molecule has 0 aliphatic carbocycles. The Morgan fingerprint density at radius 3 is 2.18 bits per heavy atom. The fourth-order valence-electron chi connectivity index (χ4n) is 0.470. The highest BCUT2D eigenvalue weighted by atomic mass is 16.5. The fourth-order valence-corrected chi connectivity index (χ4v) is 0.470. The second-order valence-corrected chi connectivity index (χ2v) is 1.93. The zero-order valence-corrected chi connectivity index (χ0v) is 7.51. The van der Waals surface area contributed by atoms with Gasteiger partial charge >= 0.3 is 0 Å². The van der Waals surface area contributed by atoms with Crippen LogP contribution in [0.4, 0.5) is 0 Å². The Kier molecular flexibility index (Phi) is 4.18. The van der Waals surface area contributed by atoms with Crippen LogP contribution in [0.1, 0.15) is 32.5 Å². The smallest absolute Gasteiger partial charge is 0.252 e. The Hall–Kier alpha value is -1.12. The average molecular weight is 154 g/mol. The van der Waals surface area contributed by atoms with Crippen LogP contribution in [0.5, 0.6) is 0 Å². The van der Waals surface area contributed by atoms with Gasteiger partial charge in [0.2, 0.25) is 0 Å². The summed E-state index contributed by atoms with van der Waals surface area (Å²) in [6, 6.07) is 0. The lowest BCUT2D eigenvalue weighted by Crippen LogP contribution is -1.75. The van der Waals surface area contributed by atoms with Crippen molar-refractivity contribution in [1.82, 2.24) is 10.1 Å². The van der Waals surface area contributed by atoms with Gasteiger partial charge in [0.25, 0.3) is 5.89 Å². The summed E-state index contributed by atoms with van der Waals surface area (Å²) in [7, 11) is 0. The third kappa shape index (κ3) is 2.98. The van der Waals surface area contributed by atoms with E-state index in [9.17, 15) is 0 Å². The highest BCUT2D eigenvalue weighted by Crippen LogP contribution is 2.06. The van der Waals surface area contributed by atoms with E-state index in [0.29, 0.717) is 11.7 Å². The van der Waals surface area contributed by atoms with Crippen LogP contribution in [0.15, 0.2) is 11.1 Å². The first-order valence-corrected chi connectivity index (χ1v) is 3.66. The zero-order chi connectivity index (χ0) is 8.85. The van der Waals surface area contributed by atoms with Crippen molar-refractivity contribution in [3.05, 3.63) is 18.3 Å². The topological polar surface area (TPSA) is 38.9 Å². The first-order valence-electron chi connectivity index (χ1n) is 3.66. The minimum atomic E-state index is 0.521. The molecule has 0 saturated carbocycles. The maximum Gasteiger partial charge on any atom is 0.252 e. The van der Waals surface area contributed by atoms with E-state index in [1.54, 1.807) is 6.92 Å². The molecule has 0 aliphatic rings. The van der Waals surface area contributed by atoms with Crippen molar-refractivity contribution in [3.63, 3.8) is 0 Å². The summed E-state index contributed by atoms with van der Waals surface area (Å²) in [6.07, 6.45) is 0. The first-order chi connectivity index (χ1) is 5.20. The van der Waals surface area contributed by atoms with E-state index in [0.717, 1.165) is 5.57 Å². The Balaban J connectivity index is 0.000000461. The summed E-state index contributed by atoms with van der Waals surface area (Å²) >= 11 is 0. The molecule has 0 N–H and O–H groups in total. The van der Waals surface area contributed by atoms with E-state index >= 15 is 0 Å². The standard InChI is InChI=1S/C6H8N2O.C2H6/c1-4(2)6-7-5(3)8-9-6;1-2/h1H2,2-3H3;1-2H3. The molecule has 0 fully saturated rings. The minimum absolute atomic E-state index is 0.521. The molecule has 3 heteroatoms. The minimum Gasteiger partial charge on any atom is -0.334 e. The maximum atomic E-state index is 4.77. The number of aromatic nitrogens is 2. The number of allylic oxidation sites excluding steroid dienone is 1. The number of nitrogens with zero attached hydrogens (tertiary/aromatic N) is 2. The predicted molar refractivity (Wildman–Crippen MR) is 45.1 cm³/mol. The normalized spacial score (nSPS) is 8.36. The maximum absolute atomic E-state index is 4.77. The quantitative estimate of drug-likeness (QED) is 0.623. The predicted octanol–water partition coefficient (Wildman–Crippen LogP) is 2.44. The van der Waals surface area contributed by atoms with Crippen molar-refractivity contribution in [2.24, 2.45) is 0 Å². The lowest BCUT2D eigenvalue weighted by atomic mass is 10.4. The van der Waals surface area contributed by atoms with E-state index in [1.807, 2.05) is 20.8 Å². The van der Waals surface area contributed by atoms with Gasteiger partial charge in [-0.3, -0.25) is 0 Å². The van der Waals surface area contributed by atoms with E-state index in [4.69, 9.17) is 4.52 Å². The second kappa shape index (κ2) is 4.66. The molecule has 0 bridgehead atoms. The van der Waals surface area contributed by atoms with Gasteiger partial charge in [-0.15, -0.1) is 0 Å². The molecule has 3 nitrogen and oxygen atoms in total. The summed E-state index contributed by atoms with van der Waals surface area (Å²) < 4.78 is 4.77. The molecule has 0 radical (unpaired) electrons. The number of aryl methyl sites for hydroxylation is 1. The Morgan fingerprint density at radius 2 is 2.00 bits per heavy atom. The highest BCUT2D eigenvalue weighted by Gasteiger charge is 2.00. The van der Waals surface area contributed by atoms with Crippen LogP contribution in [0.3, 0.4) is 0 Å². The summed E-state index contributed by atoms with van der Waals surface area (Å²) in [5.74, 6) is 1.17. The molecule has 0 saturated heterocycles. The van der Waals surface area contributed by atoms with Gasteiger partial charge in [0.1, 0.15) is 0 Å². The highest BCUT2D eigenvalue weighted by molar-refractivity contribution is 5.51. The number of hydrogen-bond donors (Lipinski definition) is 0. The molecule has 0 unspecified atom stereocenters. The van der Waals surface area contributed by atoms with Gasteiger partial charge < -0.3 is 4.52 Å². The van der Waals surface area contributed by atoms with Gasteiger partial charge in [0.05, 0.1) is 0 Å². The van der Waals surface area contributed by atoms with Crippen molar-refractivity contribution >= 4 is 5.57 Å². The average Bonchev–Trinajstić information content (AvgIpc) is 2.40. The van der Waals surface area contributed by atoms with E-state index in [-0.39, 0.29) is 0 Å². The molecule has 1 heterocycles. The largest absolute Gasteiger partial charge is 0.334 e. The second-order valence-electron chi connectivity index (χ2n) is 1.93. The third-order valence-corrected chi connectivity index (χ3v) is 0.893. The van der Waals surface area contributed by atoms with Gasteiger partial charge in [-0.05, 0) is 13.8 Å². The van der Waals surface area contributed by atoms with Gasteiger partial charge in [-0.1, -0.05) is 25.6 Å². The van der Waals surface area contributed by atoms with Crippen molar-refractivity contribution in [2.45, 2.75) is 27.7 Å². The summed E-state index contributed by atoms with van der Waals surface area (Å²) in [5.41, 5.74) is 0.801. The Bertz CT molecular complexity index is 228. The van der Waals surface area contributed by atoms with Gasteiger partial charge in [0, 0.05) is 5.57 Å². The molecule has 0 spiro atoms. The molecular formula is C8H14N2O. The lowest BCUT2D eigenvalue weighted by Gasteiger charge is -1.82. The number of rotatable bonds is 1. The Labute approximate surface area is 67.1 Å². The van der Waals surface area contributed by atoms with Crippen LogP contribution in [0.2, 0.25) is 0 Å². The molecule has 0 aliphatic heterocycles. The first kappa shape index (κ1) is 9.88. The van der Waals surface area contributed by atoms with Crippen LogP contribution in [0, 0.1) is 6.92 Å². The van der Waals surface area contributed by atoms with Gasteiger partial charge in [-0.25, -0.2) is 0 Å². The van der Waals surface area contributed by atoms with Gasteiger partial charge in [-0.2, -0.15) is 4.98 Å². The van der Waals surface area contributed by atoms with Crippen LogP contribution in [-0.4, -0.2) is 10.1 Å². The van der Waals surface area contributed by atoms with Gasteiger partial charge in [0.15, 0.2) is 5.82 Å². The number of hydrogen-bond acceptors (Lipinski definition) is 3. The third-order valence-electron chi connectivity index (χ3n) is 0.893. The van der Waals surface area contributed by atoms with Crippen molar-refractivity contribution in [2.75, 3.05) is 0 Å². The summed E-state index contributed by atoms with van der Waals surface area (Å²) in [5, 5.41) is 3.59. The van der Waals surface area contributed by atoms with Crippen LogP contribution in [0.25, 0.3) is 5.57 Å². The Morgan fingerprint density at radius 1 is 1.45 bits per heavy atom. The molecule has 62 valence electrons. The van der Waals surface area contributed by atoms with Crippen molar-refractivity contribution in [3.8, 4) is 0 Å². The SMILES string of the molecule is C=C(C)c1nc(C)no1.CC. The monoisotopic (exact) mass is 154 g/mol. The molecule has 1 aromatic rings. The fraction of sp³-hybridized carbons (Fsp3) is 0.500. The van der Waals surface area contributed by atoms with Crippen molar-refractivity contribution in [1.29, 1.82) is 0 Å². The molecule has 1 aromatic heterocycles. The molecule has 1 rings (SSSR count). The molecule has 0 atom stereocenters. The molecule has 0 amide bonds. The van der Waals surface area contributed by atoms with E-state index in [1.165, 1.54) is 0 Å². The van der Waals surface area contributed by atoms with Crippen LogP contribution >= 0.6 is 0 Å². The van der Waals surface area contributed by atoms with Crippen LogP contribution in [-0.2, 0) is 0 Å². The van der Waals surface area contributed by atoms with Crippen molar-refractivity contribution < 1.29 is 4.52 Å².